The Balaban J connectivity index is 0.00000243. The van der Waals surface area contributed by atoms with Crippen LogP contribution in [0.5, 0.6) is 5.75 Å². The van der Waals surface area contributed by atoms with Crippen LogP contribution in [0.25, 0.3) is 0 Å². The van der Waals surface area contributed by atoms with Gasteiger partial charge in [0.15, 0.2) is 0 Å². The predicted molar refractivity (Wildman–Crippen MR) is 107 cm³/mol. The van der Waals surface area contributed by atoms with Gasteiger partial charge in [0.1, 0.15) is 12.4 Å². The van der Waals surface area contributed by atoms with Crippen LogP contribution in [0.2, 0.25) is 5.02 Å². The molecule has 1 fully saturated rings. The second-order valence-electron chi connectivity index (χ2n) is 6.49. The summed E-state index contributed by atoms with van der Waals surface area (Å²) >= 11 is 5.98. The third-order valence-electron chi connectivity index (χ3n) is 4.35. The number of carbonyl (C=O) groups is 1. The quantitative estimate of drug-likeness (QED) is 0.716. The average Bonchev–Trinajstić information content (AvgIpc) is 3.43. The summed E-state index contributed by atoms with van der Waals surface area (Å²) in [5.74, 6) is 1.30. The van der Waals surface area contributed by atoms with Crippen LogP contribution >= 0.6 is 24.0 Å². The molecule has 3 rings (SSSR count). The third kappa shape index (κ3) is 6.20. The molecular weight excluding hydrogens is 371 g/mol. The van der Waals surface area contributed by atoms with E-state index in [1.54, 1.807) is 0 Å². The molecule has 1 aliphatic carbocycles. The topological polar surface area (TPSA) is 64.3 Å². The summed E-state index contributed by atoms with van der Waals surface area (Å²) < 4.78 is 5.81. The highest BCUT2D eigenvalue weighted by atomic mass is 35.5. The molecule has 1 saturated carbocycles. The number of ether oxygens (including phenoxy) is 1. The van der Waals surface area contributed by atoms with Crippen molar-refractivity contribution in [1.82, 2.24) is 5.32 Å². The van der Waals surface area contributed by atoms with Gasteiger partial charge in [0.2, 0.25) is 5.91 Å². The third-order valence-corrected chi connectivity index (χ3v) is 4.58. The van der Waals surface area contributed by atoms with Crippen molar-refractivity contribution < 1.29 is 9.53 Å². The first-order valence-electron chi connectivity index (χ1n) is 8.59. The molecule has 0 aliphatic heterocycles. The maximum Gasteiger partial charge on any atom is 0.224 e. The SMILES string of the molecule is Cl.NCC(NC(=O)Cc1cccc(OCc2cccc(Cl)c2)c1)C1CC1. The standard InChI is InChI=1S/C20H23ClN2O2.ClH/c21-17-5-1-4-15(9-17)13-25-18-6-2-3-14(10-18)11-20(24)23-19(12-22)16-7-8-16;/h1-6,9-10,16,19H,7-8,11-13,22H2,(H,23,24);1H. The molecule has 1 atom stereocenters. The predicted octanol–water partition coefficient (Wildman–Crippen LogP) is 3.74. The normalized spacial score (nSPS) is 14.2. The van der Waals surface area contributed by atoms with Crippen LogP contribution in [0, 0.1) is 5.92 Å². The molecule has 3 N–H and O–H groups in total. The summed E-state index contributed by atoms with van der Waals surface area (Å²) in [5, 5.41) is 3.73. The second kappa shape index (κ2) is 9.81. The summed E-state index contributed by atoms with van der Waals surface area (Å²) in [4.78, 5) is 12.2. The van der Waals surface area contributed by atoms with Gasteiger partial charge in [-0.25, -0.2) is 0 Å². The van der Waals surface area contributed by atoms with Crippen molar-refractivity contribution in [1.29, 1.82) is 0 Å². The van der Waals surface area contributed by atoms with Crippen molar-refractivity contribution in [3.05, 3.63) is 64.7 Å². The first-order chi connectivity index (χ1) is 12.1. The Kier molecular flexibility index (Phi) is 7.76. The molecule has 2 aromatic rings. The van der Waals surface area contributed by atoms with E-state index in [9.17, 15) is 4.79 Å². The summed E-state index contributed by atoms with van der Waals surface area (Å²) in [6, 6.07) is 15.3. The number of amides is 1. The highest BCUT2D eigenvalue weighted by Crippen LogP contribution is 2.32. The molecule has 1 aliphatic rings. The fourth-order valence-corrected chi connectivity index (χ4v) is 3.06. The van der Waals surface area contributed by atoms with E-state index in [0.717, 1.165) is 29.7 Å². The van der Waals surface area contributed by atoms with Gasteiger partial charge < -0.3 is 15.8 Å². The number of benzene rings is 2. The van der Waals surface area contributed by atoms with Crippen molar-refractivity contribution in [2.75, 3.05) is 6.54 Å². The number of hydrogen-bond donors (Lipinski definition) is 2. The van der Waals surface area contributed by atoms with Crippen LogP contribution in [0.3, 0.4) is 0 Å². The van der Waals surface area contributed by atoms with Crippen LogP contribution in [0.15, 0.2) is 48.5 Å². The molecule has 0 spiro atoms. The Morgan fingerprint density at radius 3 is 2.62 bits per heavy atom. The maximum atomic E-state index is 12.2. The van der Waals surface area contributed by atoms with Gasteiger partial charge in [-0.3, -0.25) is 4.79 Å². The number of carbonyl (C=O) groups excluding carboxylic acids is 1. The first kappa shape index (κ1) is 20.6. The van der Waals surface area contributed by atoms with Gasteiger partial charge in [-0.2, -0.15) is 0 Å². The van der Waals surface area contributed by atoms with E-state index < -0.39 is 0 Å². The Bertz CT molecular complexity index is 735. The molecule has 140 valence electrons. The van der Waals surface area contributed by atoms with Crippen LogP contribution in [0.1, 0.15) is 24.0 Å². The molecule has 2 aromatic carbocycles. The molecular formula is C20H24Cl2N2O2. The minimum Gasteiger partial charge on any atom is -0.489 e. The Labute approximate surface area is 165 Å². The second-order valence-corrected chi connectivity index (χ2v) is 6.93. The molecule has 0 saturated heterocycles. The Morgan fingerprint density at radius 2 is 1.92 bits per heavy atom. The molecule has 0 heterocycles. The number of nitrogens with two attached hydrogens (primary N) is 1. The minimum absolute atomic E-state index is 0. The van der Waals surface area contributed by atoms with Crippen molar-refractivity contribution in [3.63, 3.8) is 0 Å². The average molecular weight is 395 g/mol. The van der Waals surface area contributed by atoms with Gasteiger partial charge in [-0.1, -0.05) is 35.9 Å². The summed E-state index contributed by atoms with van der Waals surface area (Å²) in [5.41, 5.74) is 7.67. The van der Waals surface area contributed by atoms with Crippen LogP contribution in [-0.4, -0.2) is 18.5 Å². The summed E-state index contributed by atoms with van der Waals surface area (Å²) in [6.07, 6.45) is 2.65. The molecule has 4 nitrogen and oxygen atoms in total. The van der Waals surface area contributed by atoms with Crippen LogP contribution in [-0.2, 0) is 17.8 Å². The van der Waals surface area contributed by atoms with Gasteiger partial charge in [0.25, 0.3) is 0 Å². The number of nitrogens with one attached hydrogen (secondary N) is 1. The number of halogens is 2. The molecule has 1 amide bonds. The summed E-state index contributed by atoms with van der Waals surface area (Å²) in [7, 11) is 0. The Hall–Kier alpha value is -1.75. The van der Waals surface area contributed by atoms with Gasteiger partial charge in [0.05, 0.1) is 6.42 Å². The Morgan fingerprint density at radius 1 is 1.19 bits per heavy atom. The first-order valence-corrected chi connectivity index (χ1v) is 8.97. The van der Waals surface area contributed by atoms with Gasteiger partial charge in [0, 0.05) is 17.6 Å². The van der Waals surface area contributed by atoms with Crippen molar-refractivity contribution in [2.24, 2.45) is 11.7 Å². The highest BCUT2D eigenvalue weighted by molar-refractivity contribution is 6.30. The van der Waals surface area contributed by atoms with E-state index in [-0.39, 0.29) is 24.4 Å². The molecule has 0 bridgehead atoms. The van der Waals surface area contributed by atoms with Crippen molar-refractivity contribution >= 4 is 29.9 Å². The molecule has 0 radical (unpaired) electrons. The lowest BCUT2D eigenvalue weighted by Gasteiger charge is -2.16. The minimum atomic E-state index is 0. The van der Waals surface area contributed by atoms with E-state index >= 15 is 0 Å². The van der Waals surface area contributed by atoms with E-state index in [1.807, 2.05) is 48.5 Å². The van der Waals surface area contributed by atoms with Gasteiger partial charge in [-0.15, -0.1) is 12.4 Å². The lowest BCUT2D eigenvalue weighted by Crippen LogP contribution is -2.42. The maximum absolute atomic E-state index is 12.2. The largest absolute Gasteiger partial charge is 0.489 e. The van der Waals surface area contributed by atoms with E-state index in [2.05, 4.69) is 5.32 Å². The monoisotopic (exact) mass is 394 g/mol. The molecule has 26 heavy (non-hydrogen) atoms. The zero-order chi connectivity index (χ0) is 17.6. The van der Waals surface area contributed by atoms with Crippen molar-refractivity contribution in [2.45, 2.75) is 31.9 Å². The molecule has 1 unspecified atom stereocenters. The molecule has 0 aromatic heterocycles. The fourth-order valence-electron chi connectivity index (χ4n) is 2.85. The van der Waals surface area contributed by atoms with Gasteiger partial charge in [-0.05, 0) is 54.2 Å². The lowest BCUT2D eigenvalue weighted by atomic mass is 10.1. The van der Waals surface area contributed by atoms with Crippen molar-refractivity contribution in [3.8, 4) is 5.75 Å². The molecule has 6 heteroatoms. The zero-order valence-electron chi connectivity index (χ0n) is 14.5. The van der Waals surface area contributed by atoms with E-state index in [1.165, 1.54) is 0 Å². The zero-order valence-corrected chi connectivity index (χ0v) is 16.1. The van der Waals surface area contributed by atoms with Crippen LogP contribution in [0.4, 0.5) is 0 Å². The van der Waals surface area contributed by atoms with Gasteiger partial charge >= 0.3 is 0 Å². The van der Waals surface area contributed by atoms with E-state index in [4.69, 9.17) is 22.1 Å². The highest BCUT2D eigenvalue weighted by Gasteiger charge is 2.31. The van der Waals surface area contributed by atoms with Crippen LogP contribution < -0.4 is 15.8 Å². The fraction of sp³-hybridized carbons (Fsp3) is 0.350. The smallest absolute Gasteiger partial charge is 0.224 e. The summed E-state index contributed by atoms with van der Waals surface area (Å²) in [6.45, 7) is 0.937. The number of hydrogen-bond acceptors (Lipinski definition) is 3. The lowest BCUT2D eigenvalue weighted by molar-refractivity contribution is -0.121. The number of rotatable bonds is 8. The van der Waals surface area contributed by atoms with E-state index in [0.29, 0.717) is 30.5 Å².